The molecule has 1 saturated heterocycles. The van der Waals surface area contributed by atoms with Gasteiger partial charge in [-0.15, -0.1) is 11.3 Å². The third kappa shape index (κ3) is 4.36. The number of methoxy groups -OCH3 is 2. The lowest BCUT2D eigenvalue weighted by atomic mass is 10.0. The summed E-state index contributed by atoms with van der Waals surface area (Å²) in [5.74, 6) is 1.39. The Labute approximate surface area is 192 Å². The lowest BCUT2D eigenvalue weighted by Crippen LogP contribution is -2.50. The Morgan fingerprint density at radius 3 is 2.61 bits per heavy atom. The van der Waals surface area contributed by atoms with E-state index < -0.39 is 0 Å². The Hall–Kier alpha value is -2.33. The van der Waals surface area contributed by atoms with Gasteiger partial charge in [0.1, 0.15) is 16.3 Å². The Kier molecular flexibility index (Phi) is 6.66. The molecule has 2 aromatic heterocycles. The molecule has 2 N–H and O–H groups in total. The van der Waals surface area contributed by atoms with E-state index in [0.717, 1.165) is 21.5 Å². The standard InChI is InChI=1S/C20H20Cl2N4O4S/c1-28-13-6-14(29-2)18(22)16(17(13)21)15-5-10-7-23-20(26-19(10)31-15)25-12-8-30-4-3-11(12)24-9-27/h5-7,9,11-12H,3-4,8H2,1-2H3,(H,24,27)(H,23,25,26). The molecule has 0 bridgehead atoms. The minimum Gasteiger partial charge on any atom is -0.495 e. The van der Waals surface area contributed by atoms with Crippen LogP contribution < -0.4 is 20.1 Å². The van der Waals surface area contributed by atoms with Crippen LogP contribution in [0.1, 0.15) is 6.42 Å². The van der Waals surface area contributed by atoms with E-state index in [1.54, 1.807) is 12.3 Å². The number of anilines is 1. The van der Waals surface area contributed by atoms with E-state index in [1.807, 2.05) is 6.07 Å². The Morgan fingerprint density at radius 1 is 1.19 bits per heavy atom. The number of carbonyl (C=O) groups is 1. The number of hydrogen-bond acceptors (Lipinski definition) is 8. The molecular formula is C20H20Cl2N4O4S. The summed E-state index contributed by atoms with van der Waals surface area (Å²) in [6.07, 6.45) is 3.16. The number of aromatic nitrogens is 2. The van der Waals surface area contributed by atoms with Crippen molar-refractivity contribution in [3.8, 4) is 21.9 Å². The molecule has 3 aromatic rings. The van der Waals surface area contributed by atoms with Crippen LogP contribution in [-0.4, -0.2) is 55.9 Å². The summed E-state index contributed by atoms with van der Waals surface area (Å²) in [5, 5.41) is 7.73. The van der Waals surface area contributed by atoms with E-state index in [4.69, 9.17) is 37.4 Å². The van der Waals surface area contributed by atoms with E-state index in [1.165, 1.54) is 25.6 Å². The number of benzene rings is 1. The summed E-state index contributed by atoms with van der Waals surface area (Å²) in [5.41, 5.74) is 0.618. The minimum atomic E-state index is -0.123. The zero-order chi connectivity index (χ0) is 22.0. The molecule has 1 fully saturated rings. The quantitative estimate of drug-likeness (QED) is 0.491. The molecule has 2 unspecified atom stereocenters. The molecule has 2 atom stereocenters. The van der Waals surface area contributed by atoms with E-state index >= 15 is 0 Å². The number of halogens is 2. The summed E-state index contributed by atoms with van der Waals surface area (Å²) >= 11 is 14.5. The predicted molar refractivity (Wildman–Crippen MR) is 122 cm³/mol. The number of rotatable bonds is 7. The van der Waals surface area contributed by atoms with Crippen LogP contribution in [0.3, 0.4) is 0 Å². The fourth-order valence-corrected chi connectivity index (χ4v) is 5.34. The molecule has 8 nitrogen and oxygen atoms in total. The van der Waals surface area contributed by atoms with Gasteiger partial charge in [0.2, 0.25) is 12.4 Å². The minimum absolute atomic E-state index is 0.0497. The Balaban J connectivity index is 1.68. The van der Waals surface area contributed by atoms with Crippen LogP contribution in [0.15, 0.2) is 18.3 Å². The zero-order valence-electron chi connectivity index (χ0n) is 16.8. The highest BCUT2D eigenvalue weighted by molar-refractivity contribution is 7.22. The fourth-order valence-electron chi connectivity index (χ4n) is 3.46. The van der Waals surface area contributed by atoms with Gasteiger partial charge in [-0.1, -0.05) is 23.2 Å². The van der Waals surface area contributed by atoms with Crippen molar-refractivity contribution in [3.63, 3.8) is 0 Å². The topological polar surface area (TPSA) is 94.6 Å². The third-order valence-corrected chi connectivity index (χ3v) is 6.86. The molecule has 31 heavy (non-hydrogen) atoms. The summed E-state index contributed by atoms with van der Waals surface area (Å²) in [7, 11) is 3.07. The highest BCUT2D eigenvalue weighted by Gasteiger charge is 2.26. The first kappa shape index (κ1) is 21.9. The first-order valence-electron chi connectivity index (χ1n) is 9.46. The molecule has 1 aliphatic rings. The number of nitrogens with one attached hydrogen (secondary N) is 2. The molecule has 0 radical (unpaired) electrons. The molecule has 1 aliphatic heterocycles. The molecule has 0 spiro atoms. The number of ether oxygens (including phenoxy) is 3. The van der Waals surface area contributed by atoms with Gasteiger partial charge in [0.05, 0.1) is 43.0 Å². The highest BCUT2D eigenvalue weighted by atomic mass is 35.5. The second-order valence-corrected chi connectivity index (χ2v) is 8.64. The molecule has 4 rings (SSSR count). The van der Waals surface area contributed by atoms with Crippen molar-refractivity contribution in [2.45, 2.75) is 18.5 Å². The van der Waals surface area contributed by atoms with Crippen molar-refractivity contribution < 1.29 is 19.0 Å². The Morgan fingerprint density at radius 2 is 1.94 bits per heavy atom. The van der Waals surface area contributed by atoms with Gasteiger partial charge < -0.3 is 24.8 Å². The molecular weight excluding hydrogens is 463 g/mol. The second-order valence-electron chi connectivity index (χ2n) is 6.85. The van der Waals surface area contributed by atoms with Crippen molar-refractivity contribution in [1.29, 1.82) is 0 Å². The van der Waals surface area contributed by atoms with Crippen molar-refractivity contribution in [2.75, 3.05) is 32.8 Å². The van der Waals surface area contributed by atoms with Crippen molar-refractivity contribution in [3.05, 3.63) is 28.4 Å². The summed E-state index contributed by atoms with van der Waals surface area (Å²) in [6, 6.07) is 3.41. The molecule has 11 heteroatoms. The van der Waals surface area contributed by atoms with E-state index in [-0.39, 0.29) is 12.1 Å². The molecule has 164 valence electrons. The number of amides is 1. The van der Waals surface area contributed by atoms with Crippen molar-refractivity contribution in [1.82, 2.24) is 15.3 Å². The average molecular weight is 483 g/mol. The maximum Gasteiger partial charge on any atom is 0.224 e. The fraction of sp³-hybridized carbons (Fsp3) is 0.350. The van der Waals surface area contributed by atoms with Crippen LogP contribution in [0.4, 0.5) is 5.95 Å². The van der Waals surface area contributed by atoms with Gasteiger partial charge >= 0.3 is 0 Å². The molecule has 3 heterocycles. The number of thiophene rings is 1. The second kappa shape index (κ2) is 9.44. The number of fused-ring (bicyclic) bond motifs is 1. The van der Waals surface area contributed by atoms with Gasteiger partial charge in [0.15, 0.2) is 0 Å². The normalized spacial score (nSPS) is 18.6. The van der Waals surface area contributed by atoms with E-state index in [2.05, 4.69) is 20.6 Å². The Bertz CT molecular complexity index is 1080. The molecule has 1 amide bonds. The maximum absolute atomic E-state index is 10.9. The van der Waals surface area contributed by atoms with E-state index in [9.17, 15) is 4.79 Å². The van der Waals surface area contributed by atoms with Crippen molar-refractivity contribution >= 4 is 57.1 Å². The van der Waals surface area contributed by atoms with Gasteiger partial charge in [-0.3, -0.25) is 4.79 Å². The average Bonchev–Trinajstić information content (AvgIpc) is 3.18. The summed E-state index contributed by atoms with van der Waals surface area (Å²) in [4.78, 5) is 21.5. The third-order valence-electron chi connectivity index (χ3n) is 5.05. The smallest absolute Gasteiger partial charge is 0.224 e. The number of hydrogen-bond donors (Lipinski definition) is 2. The molecule has 1 aromatic carbocycles. The lowest BCUT2D eigenvalue weighted by Gasteiger charge is -2.31. The monoisotopic (exact) mass is 482 g/mol. The summed E-state index contributed by atoms with van der Waals surface area (Å²) in [6.45, 7) is 1.06. The van der Waals surface area contributed by atoms with Crippen LogP contribution in [0.2, 0.25) is 10.0 Å². The van der Waals surface area contributed by atoms with Crippen LogP contribution >= 0.6 is 34.5 Å². The van der Waals surface area contributed by atoms with Crippen LogP contribution in [-0.2, 0) is 9.53 Å². The van der Waals surface area contributed by atoms with Crippen LogP contribution in [0.5, 0.6) is 11.5 Å². The summed E-state index contributed by atoms with van der Waals surface area (Å²) < 4.78 is 16.3. The first-order valence-corrected chi connectivity index (χ1v) is 11.0. The van der Waals surface area contributed by atoms with Gasteiger partial charge in [-0.05, 0) is 12.5 Å². The first-order chi connectivity index (χ1) is 15.0. The lowest BCUT2D eigenvalue weighted by molar-refractivity contribution is -0.110. The maximum atomic E-state index is 10.9. The van der Waals surface area contributed by atoms with E-state index in [0.29, 0.717) is 52.7 Å². The molecule has 0 aliphatic carbocycles. The zero-order valence-corrected chi connectivity index (χ0v) is 19.1. The highest BCUT2D eigenvalue weighted by Crippen LogP contribution is 2.48. The molecule has 0 saturated carbocycles. The van der Waals surface area contributed by atoms with Gasteiger partial charge in [-0.2, -0.15) is 0 Å². The van der Waals surface area contributed by atoms with Crippen LogP contribution in [0.25, 0.3) is 20.7 Å². The van der Waals surface area contributed by atoms with Gasteiger partial charge in [-0.25, -0.2) is 9.97 Å². The number of carbonyl (C=O) groups excluding carboxylic acids is 1. The predicted octanol–water partition coefficient (Wildman–Crippen LogP) is 4.00. The SMILES string of the molecule is COc1cc(OC)c(Cl)c(-c2cc3cnc(NC4COCCC4NC=O)nc3s2)c1Cl. The number of nitrogens with zero attached hydrogens (tertiary/aromatic N) is 2. The van der Waals surface area contributed by atoms with Gasteiger partial charge in [0, 0.05) is 34.7 Å². The van der Waals surface area contributed by atoms with Crippen molar-refractivity contribution in [2.24, 2.45) is 0 Å². The van der Waals surface area contributed by atoms with Crippen LogP contribution in [0, 0.1) is 0 Å². The van der Waals surface area contributed by atoms with Gasteiger partial charge in [0.25, 0.3) is 0 Å². The largest absolute Gasteiger partial charge is 0.495 e.